The fraction of sp³-hybridized carbons (Fsp3) is 0. The van der Waals surface area contributed by atoms with Gasteiger partial charge in [0.2, 0.25) is 0 Å². The zero-order valence-corrected chi connectivity index (χ0v) is 11.3. The highest BCUT2D eigenvalue weighted by molar-refractivity contribution is 5.85. The lowest BCUT2D eigenvalue weighted by Gasteiger charge is -2.09. The van der Waals surface area contributed by atoms with Crippen LogP contribution in [0.4, 0.5) is 0 Å². The van der Waals surface area contributed by atoms with Crippen LogP contribution in [0.25, 0.3) is 22.3 Å². The van der Waals surface area contributed by atoms with Gasteiger partial charge in [-0.25, -0.2) is 0 Å². The molecule has 0 fully saturated rings. The Labute approximate surface area is 120 Å². The van der Waals surface area contributed by atoms with E-state index in [0.717, 1.165) is 0 Å². The van der Waals surface area contributed by atoms with Crippen molar-refractivity contribution >= 4 is 12.4 Å². The molecule has 3 aromatic rings. The molecule has 0 nitrogen and oxygen atoms in total. The third kappa shape index (κ3) is 2.86. The average Bonchev–Trinajstić information content (AvgIpc) is 2.49. The van der Waals surface area contributed by atoms with Gasteiger partial charge < -0.3 is 0 Å². The molecule has 0 heterocycles. The van der Waals surface area contributed by atoms with Crippen LogP contribution in [-0.2, 0) is 0 Å². The van der Waals surface area contributed by atoms with Gasteiger partial charge in [-0.3, -0.25) is 0 Å². The topological polar surface area (TPSA) is 0 Å². The van der Waals surface area contributed by atoms with Gasteiger partial charge in [-0.15, -0.1) is 12.4 Å². The zero-order valence-electron chi connectivity index (χ0n) is 10.5. The minimum Gasteiger partial charge on any atom is -0.147 e. The minimum atomic E-state index is 0. The number of hydrogen-bond acceptors (Lipinski definition) is 0. The van der Waals surface area contributed by atoms with E-state index >= 15 is 0 Å². The van der Waals surface area contributed by atoms with E-state index in [-0.39, 0.29) is 12.4 Å². The quantitative estimate of drug-likeness (QED) is 0.579. The van der Waals surface area contributed by atoms with Crippen LogP contribution in [0.1, 0.15) is 0 Å². The van der Waals surface area contributed by atoms with Crippen molar-refractivity contribution in [3.05, 3.63) is 84.9 Å². The van der Waals surface area contributed by atoms with E-state index < -0.39 is 0 Å². The Balaban J connectivity index is 0.00000133. The van der Waals surface area contributed by atoms with E-state index in [4.69, 9.17) is 0 Å². The summed E-state index contributed by atoms with van der Waals surface area (Å²) >= 11 is 0. The second-order valence-corrected chi connectivity index (χ2v) is 4.28. The van der Waals surface area contributed by atoms with Crippen molar-refractivity contribution in [2.75, 3.05) is 0 Å². The van der Waals surface area contributed by atoms with Gasteiger partial charge in [-0.1, -0.05) is 84.9 Å². The van der Waals surface area contributed by atoms with Gasteiger partial charge in [-0.05, 0) is 22.3 Å². The Morgan fingerprint density at radius 2 is 0.684 bits per heavy atom. The minimum absolute atomic E-state index is 0. The first-order valence-electron chi connectivity index (χ1n) is 6.15. The van der Waals surface area contributed by atoms with Crippen LogP contribution in [0.2, 0.25) is 0 Å². The molecule has 0 aromatic heterocycles. The van der Waals surface area contributed by atoms with Crippen LogP contribution >= 0.6 is 12.4 Å². The van der Waals surface area contributed by atoms with Gasteiger partial charge in [0.15, 0.2) is 0 Å². The second-order valence-electron chi connectivity index (χ2n) is 4.28. The van der Waals surface area contributed by atoms with Crippen molar-refractivity contribution in [1.82, 2.24) is 0 Å². The molecule has 0 bridgehead atoms. The number of hydrogen-bond donors (Lipinski definition) is 0. The van der Waals surface area contributed by atoms with E-state index in [1.807, 2.05) is 0 Å². The summed E-state index contributed by atoms with van der Waals surface area (Å²) in [5.74, 6) is 0. The van der Waals surface area contributed by atoms with Crippen LogP contribution in [0.5, 0.6) is 0 Å². The van der Waals surface area contributed by atoms with E-state index in [1.165, 1.54) is 22.3 Å². The van der Waals surface area contributed by atoms with Gasteiger partial charge in [0.05, 0.1) is 0 Å². The fourth-order valence-corrected chi connectivity index (χ4v) is 2.22. The van der Waals surface area contributed by atoms with Crippen molar-refractivity contribution in [1.29, 1.82) is 0 Å². The van der Waals surface area contributed by atoms with Crippen LogP contribution < -0.4 is 0 Å². The van der Waals surface area contributed by atoms with Crippen LogP contribution in [0, 0.1) is 0 Å². The summed E-state index contributed by atoms with van der Waals surface area (Å²) in [5, 5.41) is 0. The molecule has 0 saturated carbocycles. The standard InChI is InChI=1S/C18H14.ClH/c1-3-9-15(10-4-1)17-13-7-8-14-18(17)16-11-5-2-6-12-16;/h1-14H;1H. The molecule has 94 valence electrons. The molecule has 0 aliphatic heterocycles. The molecule has 3 aromatic carbocycles. The Morgan fingerprint density at radius 3 is 1.05 bits per heavy atom. The molecule has 1 heteroatoms. The highest BCUT2D eigenvalue weighted by atomic mass is 35.5. The molecule has 0 amide bonds. The summed E-state index contributed by atoms with van der Waals surface area (Å²) in [4.78, 5) is 0. The number of halogens is 1. The summed E-state index contributed by atoms with van der Waals surface area (Å²) in [6.45, 7) is 0. The number of benzene rings is 3. The molecule has 0 aliphatic carbocycles. The predicted octanol–water partition coefficient (Wildman–Crippen LogP) is 5.44. The van der Waals surface area contributed by atoms with Crippen LogP contribution in [-0.4, -0.2) is 0 Å². The maximum Gasteiger partial charge on any atom is -0.0105 e. The molecular formula is C18H15Cl. The summed E-state index contributed by atoms with van der Waals surface area (Å²) in [5.41, 5.74) is 5.09. The van der Waals surface area contributed by atoms with Crippen LogP contribution in [0.3, 0.4) is 0 Å². The largest absolute Gasteiger partial charge is 0.147 e. The molecule has 0 unspecified atom stereocenters. The zero-order chi connectivity index (χ0) is 12.2. The molecule has 0 saturated heterocycles. The smallest absolute Gasteiger partial charge is 0.0105 e. The Hall–Kier alpha value is -2.05. The van der Waals surface area contributed by atoms with E-state index in [9.17, 15) is 0 Å². The Kier molecular flexibility index (Phi) is 4.38. The highest BCUT2D eigenvalue weighted by Gasteiger charge is 2.05. The normalized spacial score (nSPS) is 9.68. The molecular weight excluding hydrogens is 252 g/mol. The lowest BCUT2D eigenvalue weighted by molar-refractivity contribution is 1.58. The summed E-state index contributed by atoms with van der Waals surface area (Å²) in [6, 6.07) is 29.6. The lowest BCUT2D eigenvalue weighted by Crippen LogP contribution is -1.83. The molecule has 0 radical (unpaired) electrons. The molecule has 0 aliphatic rings. The molecule has 0 N–H and O–H groups in total. The molecule has 0 spiro atoms. The summed E-state index contributed by atoms with van der Waals surface area (Å²) in [7, 11) is 0. The van der Waals surface area contributed by atoms with Crippen molar-refractivity contribution < 1.29 is 0 Å². The maximum absolute atomic E-state index is 2.18. The van der Waals surface area contributed by atoms with Crippen molar-refractivity contribution in [2.24, 2.45) is 0 Å². The first kappa shape index (κ1) is 13.4. The molecule has 3 rings (SSSR count). The third-order valence-electron chi connectivity index (χ3n) is 3.10. The molecule has 0 atom stereocenters. The van der Waals surface area contributed by atoms with Gasteiger partial charge in [-0.2, -0.15) is 0 Å². The van der Waals surface area contributed by atoms with Crippen molar-refractivity contribution in [2.45, 2.75) is 0 Å². The first-order chi connectivity index (χ1) is 8.95. The van der Waals surface area contributed by atoms with Gasteiger partial charge in [0.1, 0.15) is 0 Å². The maximum atomic E-state index is 2.18. The van der Waals surface area contributed by atoms with Gasteiger partial charge in [0, 0.05) is 0 Å². The van der Waals surface area contributed by atoms with Crippen molar-refractivity contribution in [3.63, 3.8) is 0 Å². The average molecular weight is 267 g/mol. The van der Waals surface area contributed by atoms with E-state index in [1.54, 1.807) is 0 Å². The fourth-order valence-electron chi connectivity index (χ4n) is 2.22. The second kappa shape index (κ2) is 6.21. The Bertz CT molecular complexity index is 572. The SMILES string of the molecule is Cl.c1ccc(-c2ccccc2-c2ccccc2)cc1. The van der Waals surface area contributed by atoms with Gasteiger partial charge in [0.25, 0.3) is 0 Å². The third-order valence-corrected chi connectivity index (χ3v) is 3.10. The summed E-state index contributed by atoms with van der Waals surface area (Å²) in [6.07, 6.45) is 0. The van der Waals surface area contributed by atoms with E-state index in [0.29, 0.717) is 0 Å². The number of rotatable bonds is 2. The Morgan fingerprint density at radius 1 is 0.368 bits per heavy atom. The highest BCUT2D eigenvalue weighted by Crippen LogP contribution is 2.31. The van der Waals surface area contributed by atoms with E-state index in [2.05, 4.69) is 84.9 Å². The lowest BCUT2D eigenvalue weighted by atomic mass is 9.95. The van der Waals surface area contributed by atoms with Gasteiger partial charge >= 0.3 is 0 Å². The monoisotopic (exact) mass is 266 g/mol. The summed E-state index contributed by atoms with van der Waals surface area (Å²) < 4.78 is 0. The predicted molar refractivity (Wildman–Crippen MR) is 84.6 cm³/mol. The van der Waals surface area contributed by atoms with Crippen LogP contribution in [0.15, 0.2) is 84.9 Å². The van der Waals surface area contributed by atoms with Crippen molar-refractivity contribution in [3.8, 4) is 22.3 Å². The molecule has 19 heavy (non-hydrogen) atoms. The first-order valence-corrected chi connectivity index (χ1v) is 6.15.